The first-order chi connectivity index (χ1) is 12.7. The van der Waals surface area contributed by atoms with Crippen LogP contribution >= 0.6 is 15.9 Å². The minimum absolute atomic E-state index is 0.0180. The van der Waals surface area contributed by atoms with Gasteiger partial charge in [-0.3, -0.25) is 20.4 Å². The number of halogens is 1. The predicted molar refractivity (Wildman–Crippen MR) is 107 cm³/mol. The number of methoxy groups -OCH3 is 1. The van der Waals surface area contributed by atoms with Crippen molar-refractivity contribution in [1.82, 2.24) is 10.9 Å². The maximum absolute atomic E-state index is 12.0. The van der Waals surface area contributed by atoms with E-state index in [-0.39, 0.29) is 12.0 Å². The molecule has 0 heterocycles. The minimum Gasteiger partial charge on any atom is -0.497 e. The van der Waals surface area contributed by atoms with Gasteiger partial charge in [0.05, 0.1) is 11.6 Å². The third-order valence-corrected chi connectivity index (χ3v) is 4.44. The number of rotatable bonds is 5. The zero-order chi connectivity index (χ0) is 20.0. The third kappa shape index (κ3) is 5.99. The van der Waals surface area contributed by atoms with E-state index < -0.39 is 11.8 Å². The number of carbonyl (C=O) groups is 2. The van der Waals surface area contributed by atoms with E-state index in [1.165, 1.54) is 0 Å². The summed E-state index contributed by atoms with van der Waals surface area (Å²) in [7, 11) is 1.55. The summed E-state index contributed by atoms with van der Waals surface area (Å²) in [6.45, 7) is 6.13. The van der Waals surface area contributed by atoms with Crippen LogP contribution in [-0.2, 0) is 10.2 Å². The molecule has 2 rings (SSSR count). The molecule has 0 aliphatic heterocycles. The van der Waals surface area contributed by atoms with Gasteiger partial charge in [0.2, 0.25) is 0 Å². The van der Waals surface area contributed by atoms with Gasteiger partial charge in [0.15, 0.2) is 6.61 Å². The van der Waals surface area contributed by atoms with Crippen molar-refractivity contribution in [3.8, 4) is 11.5 Å². The molecule has 0 unspecified atom stereocenters. The molecular weight excluding hydrogens is 412 g/mol. The van der Waals surface area contributed by atoms with Crippen LogP contribution in [0.25, 0.3) is 0 Å². The minimum atomic E-state index is -0.469. The fourth-order valence-corrected chi connectivity index (χ4v) is 2.70. The van der Waals surface area contributed by atoms with Crippen molar-refractivity contribution in [3.05, 3.63) is 58.1 Å². The number of hydrogen-bond donors (Lipinski definition) is 2. The molecule has 2 aromatic carbocycles. The number of carbonyl (C=O) groups excluding carboxylic acids is 2. The molecule has 0 radical (unpaired) electrons. The number of amides is 2. The Hall–Kier alpha value is -2.54. The van der Waals surface area contributed by atoms with Crippen LogP contribution in [0.5, 0.6) is 11.5 Å². The summed E-state index contributed by atoms with van der Waals surface area (Å²) in [5.74, 6) is 0.303. The first-order valence-corrected chi connectivity index (χ1v) is 9.16. The maximum atomic E-state index is 12.0. The smallest absolute Gasteiger partial charge is 0.276 e. The lowest BCUT2D eigenvalue weighted by Gasteiger charge is -2.20. The summed E-state index contributed by atoms with van der Waals surface area (Å²) in [5.41, 5.74) is 6.24. The molecule has 2 N–H and O–H groups in total. The Bertz CT molecular complexity index is 814. The fourth-order valence-electron chi connectivity index (χ4n) is 2.20. The van der Waals surface area contributed by atoms with E-state index in [2.05, 4.69) is 47.6 Å². The lowest BCUT2D eigenvalue weighted by Crippen LogP contribution is -2.43. The molecule has 0 saturated carbocycles. The normalized spacial score (nSPS) is 10.9. The van der Waals surface area contributed by atoms with Crippen LogP contribution < -0.4 is 20.3 Å². The molecule has 6 nitrogen and oxygen atoms in total. The average molecular weight is 435 g/mol. The van der Waals surface area contributed by atoms with Crippen molar-refractivity contribution >= 4 is 27.7 Å². The highest BCUT2D eigenvalue weighted by Gasteiger charge is 2.16. The molecule has 7 heteroatoms. The topological polar surface area (TPSA) is 76.7 Å². The Morgan fingerprint density at radius 2 is 1.70 bits per heavy atom. The van der Waals surface area contributed by atoms with Gasteiger partial charge in [-0.1, -0.05) is 26.8 Å². The summed E-state index contributed by atoms with van der Waals surface area (Å²) in [6, 6.07) is 12.3. The number of benzene rings is 2. The second kappa shape index (κ2) is 8.90. The molecule has 2 amide bonds. The monoisotopic (exact) mass is 434 g/mol. The van der Waals surface area contributed by atoms with Gasteiger partial charge in [0.25, 0.3) is 11.8 Å². The van der Waals surface area contributed by atoms with Crippen LogP contribution in [-0.4, -0.2) is 25.5 Å². The number of hydrogen-bond acceptors (Lipinski definition) is 4. The Balaban J connectivity index is 1.84. The van der Waals surface area contributed by atoms with Gasteiger partial charge in [0, 0.05) is 5.56 Å². The molecule has 0 spiro atoms. The average Bonchev–Trinajstić information content (AvgIpc) is 2.64. The van der Waals surface area contributed by atoms with Gasteiger partial charge >= 0.3 is 0 Å². The summed E-state index contributed by atoms with van der Waals surface area (Å²) >= 11 is 3.46. The van der Waals surface area contributed by atoms with Crippen molar-refractivity contribution < 1.29 is 19.1 Å². The zero-order valence-electron chi connectivity index (χ0n) is 15.8. The van der Waals surface area contributed by atoms with Crippen molar-refractivity contribution in [2.75, 3.05) is 13.7 Å². The molecule has 0 aliphatic carbocycles. The van der Waals surface area contributed by atoms with Crippen molar-refractivity contribution in [1.29, 1.82) is 0 Å². The van der Waals surface area contributed by atoms with E-state index in [4.69, 9.17) is 9.47 Å². The van der Waals surface area contributed by atoms with Gasteiger partial charge in [-0.15, -0.1) is 0 Å². The van der Waals surface area contributed by atoms with Gasteiger partial charge < -0.3 is 9.47 Å². The lowest BCUT2D eigenvalue weighted by molar-refractivity contribution is -0.123. The predicted octanol–water partition coefficient (Wildman–Crippen LogP) is 3.60. The van der Waals surface area contributed by atoms with E-state index in [1.807, 2.05) is 18.2 Å². The molecule has 0 fully saturated rings. The van der Waals surface area contributed by atoms with Crippen LogP contribution in [0.3, 0.4) is 0 Å². The van der Waals surface area contributed by atoms with E-state index in [9.17, 15) is 9.59 Å². The molecule has 0 atom stereocenters. The standard InChI is InChI=1S/C20H23BrN2O4/c1-20(2,3)14-7-10-17(16(21)11-14)27-12-18(24)22-23-19(25)13-5-8-15(26-4)9-6-13/h5-11H,12H2,1-4H3,(H,22,24)(H,23,25). The summed E-state index contributed by atoms with van der Waals surface area (Å²) in [5, 5.41) is 0. The molecule has 0 bridgehead atoms. The number of ether oxygens (including phenoxy) is 2. The molecule has 2 aromatic rings. The largest absolute Gasteiger partial charge is 0.497 e. The van der Waals surface area contributed by atoms with Crippen LogP contribution in [0.2, 0.25) is 0 Å². The fraction of sp³-hybridized carbons (Fsp3) is 0.300. The Kier molecular flexibility index (Phi) is 6.85. The Labute approximate surface area is 167 Å². The number of hydrazine groups is 1. The van der Waals surface area contributed by atoms with Crippen LogP contribution in [0.15, 0.2) is 46.9 Å². The molecule has 27 heavy (non-hydrogen) atoms. The summed E-state index contributed by atoms with van der Waals surface area (Å²) in [6.07, 6.45) is 0. The van der Waals surface area contributed by atoms with Gasteiger partial charge in [-0.2, -0.15) is 0 Å². The highest BCUT2D eigenvalue weighted by Crippen LogP contribution is 2.31. The van der Waals surface area contributed by atoms with E-state index >= 15 is 0 Å². The van der Waals surface area contributed by atoms with Crippen molar-refractivity contribution in [2.45, 2.75) is 26.2 Å². The molecular formula is C20H23BrN2O4. The van der Waals surface area contributed by atoms with Crippen LogP contribution in [0.4, 0.5) is 0 Å². The number of nitrogens with one attached hydrogen (secondary N) is 2. The third-order valence-electron chi connectivity index (χ3n) is 3.82. The van der Waals surface area contributed by atoms with Gasteiger partial charge in [-0.05, 0) is 63.3 Å². The first-order valence-electron chi connectivity index (χ1n) is 8.37. The highest BCUT2D eigenvalue weighted by atomic mass is 79.9. The first kappa shape index (κ1) is 20.8. The second-order valence-electron chi connectivity index (χ2n) is 6.91. The van der Waals surface area contributed by atoms with Gasteiger partial charge in [-0.25, -0.2) is 0 Å². The molecule has 0 aromatic heterocycles. The van der Waals surface area contributed by atoms with E-state index in [0.717, 1.165) is 10.0 Å². The molecule has 0 aliphatic rings. The summed E-state index contributed by atoms with van der Waals surface area (Å²) in [4.78, 5) is 23.9. The van der Waals surface area contributed by atoms with Crippen molar-refractivity contribution in [3.63, 3.8) is 0 Å². The zero-order valence-corrected chi connectivity index (χ0v) is 17.3. The quantitative estimate of drug-likeness (QED) is 0.704. The second-order valence-corrected chi connectivity index (χ2v) is 7.77. The Morgan fingerprint density at radius 1 is 1.04 bits per heavy atom. The summed E-state index contributed by atoms with van der Waals surface area (Å²) < 4.78 is 11.3. The highest BCUT2D eigenvalue weighted by molar-refractivity contribution is 9.10. The molecule has 0 saturated heterocycles. The molecule has 144 valence electrons. The maximum Gasteiger partial charge on any atom is 0.276 e. The van der Waals surface area contributed by atoms with Crippen molar-refractivity contribution in [2.24, 2.45) is 0 Å². The Morgan fingerprint density at radius 3 is 2.26 bits per heavy atom. The lowest BCUT2D eigenvalue weighted by atomic mass is 9.87. The van der Waals surface area contributed by atoms with Gasteiger partial charge in [0.1, 0.15) is 11.5 Å². The van der Waals surface area contributed by atoms with Crippen LogP contribution in [0.1, 0.15) is 36.7 Å². The van der Waals surface area contributed by atoms with E-state index in [1.54, 1.807) is 31.4 Å². The SMILES string of the molecule is COc1ccc(C(=O)NNC(=O)COc2ccc(C(C)(C)C)cc2Br)cc1. The van der Waals surface area contributed by atoms with E-state index in [0.29, 0.717) is 17.1 Å². The van der Waals surface area contributed by atoms with Crippen LogP contribution in [0, 0.1) is 0 Å².